The largest absolute Gasteiger partial charge is 0.465 e. The van der Waals surface area contributed by atoms with Gasteiger partial charge in [0.25, 0.3) is 0 Å². The molecule has 144 valence electrons. The fourth-order valence-corrected chi connectivity index (χ4v) is 3.99. The molecule has 6 nitrogen and oxygen atoms in total. The number of likely N-dealkylation sites (N-methyl/N-ethyl adjacent to an activating group) is 1. The quantitative estimate of drug-likeness (QED) is 0.721. The van der Waals surface area contributed by atoms with Gasteiger partial charge < -0.3 is 19.3 Å². The zero-order valence-corrected chi connectivity index (χ0v) is 16.2. The van der Waals surface area contributed by atoms with E-state index >= 15 is 0 Å². The van der Waals surface area contributed by atoms with E-state index in [0.29, 0.717) is 11.6 Å². The van der Waals surface area contributed by atoms with Gasteiger partial charge in [-0.25, -0.2) is 4.79 Å². The third-order valence-electron chi connectivity index (χ3n) is 5.24. The Kier molecular flexibility index (Phi) is 6.51. The van der Waals surface area contributed by atoms with Crippen LogP contribution in [0.25, 0.3) is 0 Å². The number of rotatable bonds is 6. The van der Waals surface area contributed by atoms with Crippen LogP contribution < -0.4 is 4.90 Å². The fraction of sp³-hybridized carbons (Fsp3) is 0.650. The van der Waals surface area contributed by atoms with E-state index in [9.17, 15) is 4.79 Å². The lowest BCUT2D eigenvalue weighted by Crippen LogP contribution is -2.38. The lowest BCUT2D eigenvalue weighted by molar-refractivity contribution is 0.0341. The monoisotopic (exact) mass is 361 g/mol. The van der Waals surface area contributed by atoms with E-state index in [0.717, 1.165) is 70.0 Å². The van der Waals surface area contributed by atoms with Gasteiger partial charge in [-0.15, -0.1) is 0 Å². The van der Waals surface area contributed by atoms with Crippen molar-refractivity contribution in [3.8, 4) is 0 Å². The Morgan fingerprint density at radius 3 is 2.73 bits per heavy atom. The molecule has 1 unspecified atom stereocenters. The van der Waals surface area contributed by atoms with Gasteiger partial charge in [0.2, 0.25) is 0 Å². The predicted octanol–water partition coefficient (Wildman–Crippen LogP) is 1.84. The van der Waals surface area contributed by atoms with E-state index in [1.165, 1.54) is 7.11 Å². The highest BCUT2D eigenvalue weighted by Gasteiger charge is 2.28. The molecule has 0 saturated carbocycles. The molecular weight excluding hydrogens is 330 g/mol. The van der Waals surface area contributed by atoms with E-state index in [4.69, 9.17) is 9.47 Å². The zero-order chi connectivity index (χ0) is 18.5. The topological polar surface area (TPSA) is 45.2 Å². The van der Waals surface area contributed by atoms with Crippen molar-refractivity contribution in [1.82, 2.24) is 9.80 Å². The summed E-state index contributed by atoms with van der Waals surface area (Å²) >= 11 is 0. The molecule has 6 heteroatoms. The van der Waals surface area contributed by atoms with Gasteiger partial charge in [-0.1, -0.05) is 6.07 Å². The average Bonchev–Trinajstić information content (AvgIpc) is 3.09. The summed E-state index contributed by atoms with van der Waals surface area (Å²) in [6.07, 6.45) is 2.32. The SMILES string of the molecule is COC(=O)c1cc(CN2CCOCC2)ccc1N1CCCC1CN(C)C. The van der Waals surface area contributed by atoms with Crippen LogP contribution in [-0.2, 0) is 16.0 Å². The Labute approximate surface area is 156 Å². The minimum Gasteiger partial charge on any atom is -0.465 e. The van der Waals surface area contributed by atoms with Crippen molar-refractivity contribution in [2.24, 2.45) is 0 Å². The van der Waals surface area contributed by atoms with Crippen LogP contribution in [0.3, 0.4) is 0 Å². The van der Waals surface area contributed by atoms with Gasteiger partial charge in [0.05, 0.1) is 31.6 Å². The molecule has 1 aromatic rings. The standard InChI is InChI=1S/C20H31N3O3/c1-21(2)15-17-5-4-8-23(17)19-7-6-16(13-18(19)20(24)25-3)14-22-9-11-26-12-10-22/h6-7,13,17H,4-5,8-12,14-15H2,1-3H3. The van der Waals surface area contributed by atoms with Crippen molar-refractivity contribution in [3.63, 3.8) is 0 Å². The first-order valence-corrected chi connectivity index (χ1v) is 9.51. The minimum atomic E-state index is -0.251. The zero-order valence-electron chi connectivity index (χ0n) is 16.2. The molecule has 26 heavy (non-hydrogen) atoms. The maximum Gasteiger partial charge on any atom is 0.339 e. The molecule has 0 spiro atoms. The lowest BCUT2D eigenvalue weighted by atomic mass is 10.1. The second-order valence-corrected chi connectivity index (χ2v) is 7.48. The molecular formula is C20H31N3O3. The van der Waals surface area contributed by atoms with Crippen LogP contribution >= 0.6 is 0 Å². The molecule has 2 aliphatic heterocycles. The number of benzene rings is 1. The van der Waals surface area contributed by atoms with Crippen molar-refractivity contribution in [3.05, 3.63) is 29.3 Å². The molecule has 0 radical (unpaired) electrons. The van der Waals surface area contributed by atoms with Crippen LogP contribution in [0.15, 0.2) is 18.2 Å². The third kappa shape index (κ3) is 4.55. The van der Waals surface area contributed by atoms with E-state index in [1.54, 1.807) is 0 Å². The number of methoxy groups -OCH3 is 1. The maximum atomic E-state index is 12.5. The normalized spacial score (nSPS) is 21.4. The third-order valence-corrected chi connectivity index (χ3v) is 5.24. The maximum absolute atomic E-state index is 12.5. The van der Waals surface area contributed by atoms with Crippen molar-refractivity contribution in [1.29, 1.82) is 0 Å². The molecule has 1 aromatic carbocycles. The van der Waals surface area contributed by atoms with E-state index < -0.39 is 0 Å². The van der Waals surface area contributed by atoms with Gasteiger partial charge in [0.15, 0.2) is 0 Å². The summed E-state index contributed by atoms with van der Waals surface area (Å²) in [5.74, 6) is -0.251. The number of carbonyl (C=O) groups excluding carboxylic acids is 1. The molecule has 1 atom stereocenters. The van der Waals surface area contributed by atoms with Crippen molar-refractivity contribution < 1.29 is 14.3 Å². The summed E-state index contributed by atoms with van der Waals surface area (Å²) in [4.78, 5) is 19.4. The average molecular weight is 361 g/mol. The second kappa shape index (κ2) is 8.84. The highest BCUT2D eigenvalue weighted by molar-refractivity contribution is 5.96. The highest BCUT2D eigenvalue weighted by Crippen LogP contribution is 2.30. The van der Waals surface area contributed by atoms with Gasteiger partial charge in [0, 0.05) is 38.8 Å². The molecule has 0 amide bonds. The van der Waals surface area contributed by atoms with E-state index in [2.05, 4.69) is 40.9 Å². The molecule has 0 aromatic heterocycles. The molecule has 2 saturated heterocycles. The van der Waals surface area contributed by atoms with Gasteiger partial charge in [0.1, 0.15) is 0 Å². The summed E-state index contributed by atoms with van der Waals surface area (Å²) in [6.45, 7) is 6.26. The van der Waals surface area contributed by atoms with Crippen molar-refractivity contribution in [2.45, 2.75) is 25.4 Å². The predicted molar refractivity (Wildman–Crippen MR) is 103 cm³/mol. The van der Waals surface area contributed by atoms with Crippen LogP contribution in [0, 0.1) is 0 Å². The smallest absolute Gasteiger partial charge is 0.339 e. The summed E-state index contributed by atoms with van der Waals surface area (Å²) in [6, 6.07) is 6.72. The summed E-state index contributed by atoms with van der Waals surface area (Å²) in [7, 11) is 5.66. The van der Waals surface area contributed by atoms with E-state index in [1.807, 2.05) is 6.07 Å². The fourth-order valence-electron chi connectivity index (χ4n) is 3.99. The Morgan fingerprint density at radius 1 is 1.27 bits per heavy atom. The summed E-state index contributed by atoms with van der Waals surface area (Å²) in [5.41, 5.74) is 2.84. The number of ether oxygens (including phenoxy) is 2. The van der Waals surface area contributed by atoms with Gasteiger partial charge in [-0.3, -0.25) is 4.90 Å². The van der Waals surface area contributed by atoms with E-state index in [-0.39, 0.29) is 5.97 Å². The number of carbonyl (C=O) groups is 1. The number of hydrogen-bond acceptors (Lipinski definition) is 6. The Balaban J connectivity index is 1.83. The van der Waals surface area contributed by atoms with Crippen LogP contribution in [0.5, 0.6) is 0 Å². The first kappa shape index (κ1) is 19.1. The van der Waals surface area contributed by atoms with Crippen LogP contribution in [0.2, 0.25) is 0 Å². The first-order chi connectivity index (χ1) is 12.6. The number of hydrogen-bond donors (Lipinski definition) is 0. The Morgan fingerprint density at radius 2 is 2.04 bits per heavy atom. The molecule has 2 heterocycles. The van der Waals surface area contributed by atoms with Crippen molar-refractivity contribution in [2.75, 3.05) is 65.5 Å². The second-order valence-electron chi connectivity index (χ2n) is 7.48. The molecule has 0 aliphatic carbocycles. The lowest BCUT2D eigenvalue weighted by Gasteiger charge is -2.31. The highest BCUT2D eigenvalue weighted by atomic mass is 16.5. The summed E-state index contributed by atoms with van der Waals surface area (Å²) in [5, 5.41) is 0. The number of morpholine rings is 1. The molecule has 2 aliphatic rings. The molecule has 2 fully saturated rings. The Bertz CT molecular complexity index is 614. The van der Waals surface area contributed by atoms with Crippen LogP contribution in [0.1, 0.15) is 28.8 Å². The molecule has 0 N–H and O–H groups in total. The van der Waals surface area contributed by atoms with Gasteiger partial charge in [-0.2, -0.15) is 0 Å². The molecule has 0 bridgehead atoms. The van der Waals surface area contributed by atoms with Crippen LogP contribution in [0.4, 0.5) is 5.69 Å². The Hall–Kier alpha value is -1.63. The number of esters is 1. The number of nitrogens with zero attached hydrogens (tertiary/aromatic N) is 3. The molecule has 3 rings (SSSR count). The van der Waals surface area contributed by atoms with Crippen LogP contribution in [-0.4, -0.2) is 82.4 Å². The van der Waals surface area contributed by atoms with Gasteiger partial charge >= 0.3 is 5.97 Å². The minimum absolute atomic E-state index is 0.251. The number of anilines is 1. The first-order valence-electron chi connectivity index (χ1n) is 9.51. The van der Waals surface area contributed by atoms with Gasteiger partial charge in [-0.05, 0) is 44.6 Å². The summed E-state index contributed by atoms with van der Waals surface area (Å²) < 4.78 is 10.5. The van der Waals surface area contributed by atoms with Crippen molar-refractivity contribution >= 4 is 11.7 Å².